The van der Waals surface area contributed by atoms with Crippen LogP contribution in [0.5, 0.6) is 0 Å². The molecule has 3 N–H and O–H groups in total. The van der Waals surface area contributed by atoms with Crippen molar-refractivity contribution in [3.8, 4) is 0 Å². The molecule has 0 heterocycles. The van der Waals surface area contributed by atoms with Gasteiger partial charge < -0.3 is 20.5 Å². The Morgan fingerprint density at radius 2 is 2.06 bits per heavy atom. The minimum atomic E-state index is -0.680. The van der Waals surface area contributed by atoms with Crippen molar-refractivity contribution in [1.82, 2.24) is 5.32 Å². The Morgan fingerprint density at radius 1 is 1.44 bits per heavy atom. The summed E-state index contributed by atoms with van der Waals surface area (Å²) < 4.78 is 9.55. The molecule has 6 heteroatoms. The Morgan fingerprint density at radius 3 is 2.56 bits per heavy atom. The number of hydrogen-bond donors (Lipinski definition) is 2. The summed E-state index contributed by atoms with van der Waals surface area (Å²) in [5.74, 6) is -0.840. The zero-order valence-electron chi connectivity index (χ0n) is 9.99. The Labute approximate surface area is 95.5 Å². The molecule has 0 radical (unpaired) electrons. The number of esters is 1. The summed E-state index contributed by atoms with van der Waals surface area (Å²) in [4.78, 5) is 22.7. The van der Waals surface area contributed by atoms with Crippen LogP contribution in [0, 0.1) is 0 Å². The second kappa shape index (κ2) is 8.06. The van der Waals surface area contributed by atoms with Crippen molar-refractivity contribution in [3.05, 3.63) is 0 Å². The van der Waals surface area contributed by atoms with Crippen LogP contribution in [0.2, 0.25) is 0 Å². The van der Waals surface area contributed by atoms with Crippen molar-refractivity contribution >= 4 is 11.9 Å². The minimum Gasteiger partial charge on any atom is -0.464 e. The fourth-order valence-electron chi connectivity index (χ4n) is 1.02. The predicted octanol–water partition coefficient (Wildman–Crippen LogP) is -0.582. The molecule has 0 saturated heterocycles. The second-order valence-electron chi connectivity index (χ2n) is 3.37. The van der Waals surface area contributed by atoms with Crippen LogP contribution in [0.1, 0.15) is 20.3 Å². The fraction of sp³-hybridized carbons (Fsp3) is 0.800. The summed E-state index contributed by atoms with van der Waals surface area (Å²) in [6.07, 6.45) is 0.415. The highest BCUT2D eigenvalue weighted by Crippen LogP contribution is 1.93. The first-order valence-electron chi connectivity index (χ1n) is 5.24. The van der Waals surface area contributed by atoms with Gasteiger partial charge in [0.25, 0.3) is 0 Å². The summed E-state index contributed by atoms with van der Waals surface area (Å²) in [6.45, 7) is 3.95. The standard InChI is InChI=1S/C10H20N2O4/c1-4-16-10(14)7(2)12-9(13)8(11)5-6-15-3/h7-8H,4-6,11H2,1-3H3,(H,12,13). The molecule has 0 fully saturated rings. The maximum atomic E-state index is 11.5. The molecule has 16 heavy (non-hydrogen) atoms. The van der Waals surface area contributed by atoms with E-state index in [0.29, 0.717) is 13.0 Å². The van der Waals surface area contributed by atoms with Crippen molar-refractivity contribution in [2.45, 2.75) is 32.4 Å². The fourth-order valence-corrected chi connectivity index (χ4v) is 1.02. The van der Waals surface area contributed by atoms with Gasteiger partial charge in [0.2, 0.25) is 5.91 Å². The number of amides is 1. The van der Waals surface area contributed by atoms with Crippen LogP contribution in [-0.4, -0.2) is 44.3 Å². The lowest BCUT2D eigenvalue weighted by molar-refractivity contribution is -0.147. The molecule has 0 aliphatic carbocycles. The Hall–Kier alpha value is -1.14. The molecule has 6 nitrogen and oxygen atoms in total. The summed E-state index contributed by atoms with van der Waals surface area (Å²) in [7, 11) is 1.53. The van der Waals surface area contributed by atoms with Gasteiger partial charge >= 0.3 is 5.97 Å². The molecule has 94 valence electrons. The van der Waals surface area contributed by atoms with Crippen LogP contribution >= 0.6 is 0 Å². The number of ether oxygens (including phenoxy) is 2. The average Bonchev–Trinajstić information content (AvgIpc) is 2.25. The van der Waals surface area contributed by atoms with Gasteiger partial charge in [-0.15, -0.1) is 0 Å². The molecular formula is C10H20N2O4. The second-order valence-corrected chi connectivity index (χ2v) is 3.37. The van der Waals surface area contributed by atoms with Gasteiger partial charge in [-0.25, -0.2) is 4.79 Å². The van der Waals surface area contributed by atoms with E-state index in [9.17, 15) is 9.59 Å². The van der Waals surface area contributed by atoms with Crippen LogP contribution in [0.25, 0.3) is 0 Å². The number of nitrogens with two attached hydrogens (primary N) is 1. The van der Waals surface area contributed by atoms with Crippen molar-refractivity contribution in [3.63, 3.8) is 0 Å². The zero-order valence-corrected chi connectivity index (χ0v) is 9.99. The first-order valence-corrected chi connectivity index (χ1v) is 5.24. The number of carbonyl (C=O) groups excluding carboxylic acids is 2. The Balaban J connectivity index is 3.97. The summed E-state index contributed by atoms with van der Waals surface area (Å²) in [5.41, 5.74) is 5.58. The first-order chi connectivity index (χ1) is 7.52. The van der Waals surface area contributed by atoms with Gasteiger partial charge in [-0.3, -0.25) is 4.79 Å². The third kappa shape index (κ3) is 5.67. The average molecular weight is 232 g/mol. The predicted molar refractivity (Wildman–Crippen MR) is 58.7 cm³/mol. The van der Waals surface area contributed by atoms with Gasteiger partial charge in [0.1, 0.15) is 6.04 Å². The molecule has 0 aliphatic heterocycles. The largest absolute Gasteiger partial charge is 0.464 e. The zero-order chi connectivity index (χ0) is 12.6. The van der Waals surface area contributed by atoms with E-state index in [-0.39, 0.29) is 12.5 Å². The van der Waals surface area contributed by atoms with Crippen LogP contribution in [0.15, 0.2) is 0 Å². The van der Waals surface area contributed by atoms with Gasteiger partial charge in [-0.2, -0.15) is 0 Å². The van der Waals surface area contributed by atoms with Crippen molar-refractivity contribution in [1.29, 1.82) is 0 Å². The minimum absolute atomic E-state index is 0.286. The maximum Gasteiger partial charge on any atom is 0.328 e. The van der Waals surface area contributed by atoms with Gasteiger partial charge in [0, 0.05) is 13.7 Å². The Bertz CT molecular complexity index is 233. The molecule has 0 aromatic rings. The first kappa shape index (κ1) is 14.9. The molecule has 1 amide bonds. The molecule has 0 saturated carbocycles. The third-order valence-electron chi connectivity index (χ3n) is 1.97. The van der Waals surface area contributed by atoms with E-state index in [0.717, 1.165) is 0 Å². The number of carbonyl (C=O) groups is 2. The highest BCUT2D eigenvalue weighted by atomic mass is 16.5. The van der Waals surface area contributed by atoms with Gasteiger partial charge in [0.15, 0.2) is 0 Å². The lowest BCUT2D eigenvalue weighted by Gasteiger charge is -2.16. The molecular weight excluding hydrogens is 212 g/mol. The van der Waals surface area contributed by atoms with E-state index in [1.165, 1.54) is 7.11 Å². The monoisotopic (exact) mass is 232 g/mol. The highest BCUT2D eigenvalue weighted by molar-refractivity contribution is 5.87. The normalized spacial score (nSPS) is 14.0. The molecule has 0 spiro atoms. The smallest absolute Gasteiger partial charge is 0.328 e. The molecule has 2 atom stereocenters. The lowest BCUT2D eigenvalue weighted by Crippen LogP contribution is -2.47. The molecule has 2 unspecified atom stereocenters. The molecule has 0 bridgehead atoms. The quantitative estimate of drug-likeness (QED) is 0.573. The van der Waals surface area contributed by atoms with E-state index in [1.807, 2.05) is 0 Å². The summed E-state index contributed by atoms with van der Waals surface area (Å²) >= 11 is 0. The summed E-state index contributed by atoms with van der Waals surface area (Å²) in [5, 5.41) is 2.48. The van der Waals surface area contributed by atoms with E-state index in [2.05, 4.69) is 5.32 Å². The number of hydrogen-bond acceptors (Lipinski definition) is 5. The number of methoxy groups -OCH3 is 1. The maximum absolute atomic E-state index is 11.5. The van der Waals surface area contributed by atoms with Crippen LogP contribution < -0.4 is 11.1 Å². The van der Waals surface area contributed by atoms with Crippen LogP contribution in [-0.2, 0) is 19.1 Å². The van der Waals surface area contributed by atoms with Gasteiger partial charge in [-0.1, -0.05) is 0 Å². The topological polar surface area (TPSA) is 90.7 Å². The van der Waals surface area contributed by atoms with Crippen molar-refractivity contribution in [2.75, 3.05) is 20.3 Å². The highest BCUT2D eigenvalue weighted by Gasteiger charge is 2.20. The summed E-state index contributed by atoms with van der Waals surface area (Å²) in [6, 6.07) is -1.35. The van der Waals surface area contributed by atoms with Crippen molar-refractivity contribution < 1.29 is 19.1 Å². The molecule has 0 aromatic carbocycles. The molecule has 0 rings (SSSR count). The number of nitrogens with one attached hydrogen (secondary N) is 1. The van der Waals surface area contributed by atoms with E-state index in [1.54, 1.807) is 13.8 Å². The molecule has 0 aliphatic rings. The van der Waals surface area contributed by atoms with Crippen LogP contribution in [0.3, 0.4) is 0 Å². The van der Waals surface area contributed by atoms with E-state index < -0.39 is 18.1 Å². The molecule has 0 aromatic heterocycles. The third-order valence-corrected chi connectivity index (χ3v) is 1.97. The van der Waals surface area contributed by atoms with E-state index in [4.69, 9.17) is 15.2 Å². The van der Waals surface area contributed by atoms with Crippen molar-refractivity contribution in [2.24, 2.45) is 5.73 Å². The number of rotatable bonds is 7. The van der Waals surface area contributed by atoms with E-state index >= 15 is 0 Å². The lowest BCUT2D eigenvalue weighted by atomic mass is 10.2. The Kier molecular flexibility index (Phi) is 7.49. The van der Waals surface area contributed by atoms with Gasteiger partial charge in [-0.05, 0) is 20.3 Å². The SMILES string of the molecule is CCOC(=O)C(C)NC(=O)C(N)CCOC. The van der Waals surface area contributed by atoms with Crippen LogP contribution in [0.4, 0.5) is 0 Å². The van der Waals surface area contributed by atoms with Gasteiger partial charge in [0.05, 0.1) is 12.6 Å².